The number of ether oxygens (including phenoxy) is 3. The first-order valence-electron chi connectivity index (χ1n) is 8.92. The van der Waals surface area contributed by atoms with Crippen molar-refractivity contribution in [2.24, 2.45) is 5.92 Å². The van der Waals surface area contributed by atoms with Crippen molar-refractivity contribution in [1.29, 1.82) is 0 Å². The summed E-state index contributed by atoms with van der Waals surface area (Å²) in [6.45, 7) is 10.5. The van der Waals surface area contributed by atoms with Crippen LogP contribution in [0.5, 0.6) is 17.2 Å². The van der Waals surface area contributed by atoms with Gasteiger partial charge in [0.15, 0.2) is 5.78 Å². The number of aliphatic hydroxyl groups excluding tert-OH is 1. The SMILES string of the molecule is COc1cc(OC)c(C(=O)CC(C)C)c(OC[C@@H](O)CNC(C)(C)C)c1. The highest BCUT2D eigenvalue weighted by molar-refractivity contribution is 6.01. The fraction of sp³-hybridized carbons (Fsp3) is 0.650. The van der Waals surface area contributed by atoms with Gasteiger partial charge in [-0.1, -0.05) is 13.8 Å². The molecule has 0 aliphatic rings. The Morgan fingerprint density at radius 3 is 2.27 bits per heavy atom. The summed E-state index contributed by atoms with van der Waals surface area (Å²) in [6, 6.07) is 3.32. The Bertz CT molecular complexity index is 593. The number of ketones is 1. The van der Waals surface area contributed by atoms with Crippen molar-refractivity contribution in [3.8, 4) is 17.2 Å². The van der Waals surface area contributed by atoms with Gasteiger partial charge in [0.2, 0.25) is 0 Å². The number of carbonyl (C=O) groups excluding carboxylic acids is 1. The Labute approximate surface area is 156 Å². The number of rotatable bonds is 10. The van der Waals surface area contributed by atoms with Crippen LogP contribution in [0.1, 0.15) is 51.4 Å². The van der Waals surface area contributed by atoms with Crippen molar-refractivity contribution < 1.29 is 24.1 Å². The van der Waals surface area contributed by atoms with Crippen molar-refractivity contribution in [2.75, 3.05) is 27.4 Å². The molecule has 148 valence electrons. The maximum absolute atomic E-state index is 12.7. The van der Waals surface area contributed by atoms with Crippen molar-refractivity contribution in [1.82, 2.24) is 5.32 Å². The maximum atomic E-state index is 12.7. The Morgan fingerprint density at radius 1 is 1.15 bits per heavy atom. The Kier molecular flexibility index (Phi) is 8.37. The first-order valence-corrected chi connectivity index (χ1v) is 8.92. The van der Waals surface area contributed by atoms with Crippen LogP contribution in [-0.2, 0) is 0 Å². The van der Waals surface area contributed by atoms with Gasteiger partial charge < -0.3 is 24.6 Å². The van der Waals surface area contributed by atoms with E-state index in [0.29, 0.717) is 35.8 Å². The Balaban J connectivity index is 3.01. The molecule has 0 radical (unpaired) electrons. The molecule has 0 aliphatic carbocycles. The number of aliphatic hydroxyl groups is 1. The van der Waals surface area contributed by atoms with E-state index in [2.05, 4.69) is 5.32 Å². The van der Waals surface area contributed by atoms with E-state index in [0.717, 1.165) is 0 Å². The van der Waals surface area contributed by atoms with Gasteiger partial charge in [-0.15, -0.1) is 0 Å². The van der Waals surface area contributed by atoms with Gasteiger partial charge in [0.1, 0.15) is 35.5 Å². The molecule has 0 heterocycles. The summed E-state index contributed by atoms with van der Waals surface area (Å²) in [4.78, 5) is 12.7. The largest absolute Gasteiger partial charge is 0.496 e. The number of nitrogens with one attached hydrogen (secondary N) is 1. The van der Waals surface area contributed by atoms with E-state index in [1.807, 2.05) is 34.6 Å². The van der Waals surface area contributed by atoms with E-state index >= 15 is 0 Å². The number of carbonyl (C=O) groups is 1. The summed E-state index contributed by atoms with van der Waals surface area (Å²) in [5.74, 6) is 1.45. The average Bonchev–Trinajstić information content (AvgIpc) is 2.55. The molecule has 0 spiro atoms. The second-order valence-corrected chi connectivity index (χ2v) is 7.82. The van der Waals surface area contributed by atoms with E-state index in [1.54, 1.807) is 12.1 Å². The lowest BCUT2D eigenvalue weighted by Gasteiger charge is -2.23. The zero-order valence-corrected chi connectivity index (χ0v) is 17.0. The molecule has 1 rings (SSSR count). The van der Waals surface area contributed by atoms with Gasteiger partial charge in [-0.2, -0.15) is 0 Å². The minimum atomic E-state index is -0.709. The first-order chi connectivity index (χ1) is 12.1. The lowest BCUT2D eigenvalue weighted by molar-refractivity contribution is 0.0918. The molecule has 6 nitrogen and oxygen atoms in total. The zero-order chi connectivity index (χ0) is 19.9. The van der Waals surface area contributed by atoms with Crippen molar-refractivity contribution in [2.45, 2.75) is 52.7 Å². The second-order valence-electron chi connectivity index (χ2n) is 7.82. The smallest absolute Gasteiger partial charge is 0.170 e. The Hall–Kier alpha value is -1.79. The number of β-amino-alcohol motifs (C(OH)–C–C–N with tert-alkyl or cyclic N) is 1. The first kappa shape index (κ1) is 22.3. The van der Waals surface area contributed by atoms with E-state index in [-0.39, 0.29) is 23.8 Å². The third kappa shape index (κ3) is 7.22. The van der Waals surface area contributed by atoms with Crippen LogP contribution < -0.4 is 19.5 Å². The molecule has 0 aromatic heterocycles. The van der Waals surface area contributed by atoms with Gasteiger partial charge in [0.25, 0.3) is 0 Å². The highest BCUT2D eigenvalue weighted by Gasteiger charge is 2.22. The van der Waals surface area contributed by atoms with Gasteiger partial charge in [-0.3, -0.25) is 4.79 Å². The number of methoxy groups -OCH3 is 2. The molecule has 1 aromatic carbocycles. The number of Topliss-reactive ketones (excluding diaryl/α,β-unsaturated/α-hetero) is 1. The van der Waals surface area contributed by atoms with Crippen LogP contribution in [0.25, 0.3) is 0 Å². The van der Waals surface area contributed by atoms with Gasteiger partial charge in [-0.25, -0.2) is 0 Å². The predicted molar refractivity (Wildman–Crippen MR) is 103 cm³/mol. The molecule has 6 heteroatoms. The molecular formula is C20H33NO5. The van der Waals surface area contributed by atoms with Gasteiger partial charge >= 0.3 is 0 Å². The van der Waals surface area contributed by atoms with Gasteiger partial charge in [0.05, 0.1) is 14.2 Å². The molecule has 26 heavy (non-hydrogen) atoms. The van der Waals surface area contributed by atoms with Crippen molar-refractivity contribution in [3.63, 3.8) is 0 Å². The number of hydrogen-bond donors (Lipinski definition) is 2. The maximum Gasteiger partial charge on any atom is 0.170 e. The molecule has 2 N–H and O–H groups in total. The monoisotopic (exact) mass is 367 g/mol. The summed E-state index contributed by atoms with van der Waals surface area (Å²) in [6.07, 6.45) is -0.327. The molecule has 0 saturated carbocycles. The molecule has 1 atom stereocenters. The van der Waals surface area contributed by atoms with Gasteiger partial charge in [-0.05, 0) is 26.7 Å². The van der Waals surface area contributed by atoms with Crippen molar-refractivity contribution in [3.05, 3.63) is 17.7 Å². The van der Waals surface area contributed by atoms with E-state index < -0.39 is 6.10 Å². The third-order valence-corrected chi connectivity index (χ3v) is 3.67. The van der Waals surface area contributed by atoms with Crippen LogP contribution in [0.2, 0.25) is 0 Å². The summed E-state index contributed by atoms with van der Waals surface area (Å²) in [5, 5.41) is 13.4. The summed E-state index contributed by atoms with van der Waals surface area (Å²) in [5.41, 5.74) is 0.288. The molecule has 0 amide bonds. The molecule has 0 unspecified atom stereocenters. The number of hydrogen-bond acceptors (Lipinski definition) is 6. The summed E-state index contributed by atoms with van der Waals surface area (Å²) >= 11 is 0. The van der Waals surface area contributed by atoms with Crippen LogP contribution in [0.3, 0.4) is 0 Å². The molecule has 1 aromatic rings. The minimum absolute atomic E-state index is 0.0569. The van der Waals surface area contributed by atoms with Crippen molar-refractivity contribution >= 4 is 5.78 Å². The molecule has 0 saturated heterocycles. The molecule has 0 bridgehead atoms. The highest BCUT2D eigenvalue weighted by atomic mass is 16.5. The number of benzene rings is 1. The average molecular weight is 367 g/mol. The fourth-order valence-electron chi connectivity index (χ4n) is 2.38. The lowest BCUT2D eigenvalue weighted by Crippen LogP contribution is -2.42. The highest BCUT2D eigenvalue weighted by Crippen LogP contribution is 2.35. The topological polar surface area (TPSA) is 77.0 Å². The van der Waals surface area contributed by atoms with E-state index in [4.69, 9.17) is 14.2 Å². The summed E-state index contributed by atoms with van der Waals surface area (Å²) in [7, 11) is 3.04. The normalized spacial score (nSPS) is 12.8. The van der Waals surface area contributed by atoms with Gasteiger partial charge in [0, 0.05) is 30.6 Å². The van der Waals surface area contributed by atoms with Crippen LogP contribution in [0.4, 0.5) is 0 Å². The quantitative estimate of drug-likeness (QED) is 0.619. The fourth-order valence-corrected chi connectivity index (χ4v) is 2.38. The molecular weight excluding hydrogens is 334 g/mol. The predicted octanol–water partition coefficient (Wildman–Crippen LogP) is 3.06. The second kappa shape index (κ2) is 9.78. The summed E-state index contributed by atoms with van der Waals surface area (Å²) < 4.78 is 16.4. The van der Waals surface area contributed by atoms with Crippen LogP contribution in [-0.4, -0.2) is 49.9 Å². The molecule has 0 aliphatic heterocycles. The standard InChI is InChI=1S/C20H33NO5/c1-13(2)8-16(23)19-17(25-7)9-15(24-6)10-18(19)26-12-14(22)11-21-20(3,4)5/h9-10,13-14,21-22H,8,11-12H2,1-7H3/t14-/m0/s1. The minimum Gasteiger partial charge on any atom is -0.496 e. The Morgan fingerprint density at radius 2 is 1.77 bits per heavy atom. The third-order valence-electron chi connectivity index (χ3n) is 3.67. The van der Waals surface area contributed by atoms with Crippen LogP contribution in [0, 0.1) is 5.92 Å². The van der Waals surface area contributed by atoms with E-state index in [1.165, 1.54) is 14.2 Å². The zero-order valence-electron chi connectivity index (χ0n) is 17.0. The van der Waals surface area contributed by atoms with E-state index in [9.17, 15) is 9.90 Å². The van der Waals surface area contributed by atoms with Crippen LogP contribution in [0.15, 0.2) is 12.1 Å². The lowest BCUT2D eigenvalue weighted by atomic mass is 9.99. The molecule has 0 fully saturated rings. The van der Waals surface area contributed by atoms with Crippen LogP contribution >= 0.6 is 0 Å².